The van der Waals surface area contributed by atoms with Gasteiger partial charge in [0.2, 0.25) is 88.6 Å². The number of nitrogens with one attached hydrogen (secondary N) is 14. The first-order chi connectivity index (χ1) is 53.3. The highest BCUT2D eigenvalue weighted by molar-refractivity contribution is 7.98. The third-order valence-corrected chi connectivity index (χ3v) is 19.5. The SMILES string of the molecule is CSCC[C@H](N)C(=O)N[C@H](C(=O)N[C@@H](CS)C(=O)N[C@@H](CS)C(=O)N[C@@H](CC(C)C)C(=O)N[C@@H](CC(C)C)C(=O)N[C@@H](CCCN=C(N)N)C(=O)N[C@@H](CO)C(=O)NCC(=O)N[C@H](C(=O)N1CCC[C@H]1C(=O)N[C@H](C(=O)N[C@@H](CS)C(=O)N[C@@H](CC(C)C)C(=O)N[C@@H](CO)C(=O)N[C@@H](CC(C)C)C(=O)O)C(C)C)C(C)C)[C@@H](C)O. The van der Waals surface area contributed by atoms with Crippen molar-refractivity contribution in [3.05, 3.63) is 0 Å². The third kappa shape index (κ3) is 37.3. The van der Waals surface area contributed by atoms with Crippen LogP contribution in [0.2, 0.25) is 0 Å². The smallest absolute Gasteiger partial charge is 0.326 e. The topological polar surface area (TPSA) is 616 Å². The van der Waals surface area contributed by atoms with Crippen molar-refractivity contribution in [1.82, 2.24) is 79.3 Å². The number of nitrogens with two attached hydrogens (primary N) is 3. The van der Waals surface area contributed by atoms with E-state index < -0.39 is 223 Å². The van der Waals surface area contributed by atoms with Crippen molar-refractivity contribution in [1.29, 1.82) is 0 Å². The molecule has 0 radical (unpaired) electrons. The van der Waals surface area contributed by atoms with Gasteiger partial charge in [0.1, 0.15) is 84.6 Å². The number of carbonyl (C=O) groups excluding carboxylic acids is 15. The Morgan fingerprint density at radius 2 is 0.825 bits per heavy atom. The Morgan fingerprint density at radius 3 is 1.22 bits per heavy atom. The largest absolute Gasteiger partial charge is 0.480 e. The van der Waals surface area contributed by atoms with E-state index in [1.54, 1.807) is 83.1 Å². The van der Waals surface area contributed by atoms with Crippen LogP contribution in [-0.2, 0) is 76.7 Å². The second kappa shape index (κ2) is 53.3. The van der Waals surface area contributed by atoms with Crippen molar-refractivity contribution in [2.24, 2.45) is 57.7 Å². The number of carboxylic acids is 1. The normalized spacial score (nSPS) is 16.7. The zero-order valence-corrected chi connectivity index (χ0v) is 71.1. The first-order valence-corrected chi connectivity index (χ1v) is 41.4. The zero-order valence-electron chi connectivity index (χ0n) is 67.6. The van der Waals surface area contributed by atoms with E-state index in [1.165, 1.54) is 23.6 Å². The van der Waals surface area contributed by atoms with Gasteiger partial charge in [-0.05, 0) is 112 Å². The second-order valence-corrected chi connectivity index (χ2v) is 32.5. The Bertz CT molecular complexity index is 3250. The summed E-state index contributed by atoms with van der Waals surface area (Å²) in [6.45, 7) is 18.9. The van der Waals surface area contributed by atoms with Gasteiger partial charge in [-0.25, -0.2) is 4.79 Å². The van der Waals surface area contributed by atoms with E-state index in [0.29, 0.717) is 12.2 Å². The first kappa shape index (κ1) is 104. The molecule has 1 heterocycles. The van der Waals surface area contributed by atoms with Crippen LogP contribution >= 0.6 is 49.6 Å². The number of thioether (sulfide) groups is 1. The summed E-state index contributed by atoms with van der Waals surface area (Å²) in [5.74, 6) is -17.5. The van der Waals surface area contributed by atoms with Gasteiger partial charge >= 0.3 is 5.97 Å². The lowest BCUT2D eigenvalue weighted by Crippen LogP contribution is -2.62. The molecule has 1 rings (SSSR count). The minimum Gasteiger partial charge on any atom is -0.480 e. The highest BCUT2D eigenvalue weighted by Gasteiger charge is 2.42. The van der Waals surface area contributed by atoms with Crippen LogP contribution in [0.15, 0.2) is 4.99 Å². The molecule has 1 aliphatic rings. The molecular formula is C71H127N19O20S4. The van der Waals surface area contributed by atoms with Gasteiger partial charge in [-0.15, -0.1) is 0 Å². The van der Waals surface area contributed by atoms with Crippen molar-refractivity contribution >= 4 is 150 Å². The molecular weight excluding hydrogens is 1570 g/mol. The molecule has 0 unspecified atom stereocenters. The molecule has 0 aromatic rings. The molecule has 24 N–H and O–H groups in total. The van der Waals surface area contributed by atoms with E-state index in [2.05, 4.69) is 117 Å². The number of hydrogen-bond donors (Lipinski definition) is 24. The zero-order chi connectivity index (χ0) is 87.1. The summed E-state index contributed by atoms with van der Waals surface area (Å²) >= 11 is 14.2. The lowest BCUT2D eigenvalue weighted by molar-refractivity contribution is -0.143. The summed E-state index contributed by atoms with van der Waals surface area (Å²) in [7, 11) is 0. The monoisotopic (exact) mass is 1690 g/mol. The molecule has 650 valence electrons. The fourth-order valence-corrected chi connectivity index (χ4v) is 12.8. The summed E-state index contributed by atoms with van der Waals surface area (Å²) in [6, 6.07) is -20.8. The fourth-order valence-electron chi connectivity index (χ4n) is 11.6. The number of carbonyl (C=O) groups is 16. The Labute approximate surface area is 687 Å². The molecule has 43 heteroatoms. The quantitative estimate of drug-likeness (QED) is 0.0117. The van der Waals surface area contributed by atoms with Gasteiger partial charge in [-0.3, -0.25) is 76.9 Å². The highest BCUT2D eigenvalue weighted by Crippen LogP contribution is 2.22. The van der Waals surface area contributed by atoms with Gasteiger partial charge in [-0.1, -0.05) is 83.1 Å². The molecule has 0 aromatic carbocycles. The number of aliphatic imine (C=N–C) groups is 1. The van der Waals surface area contributed by atoms with E-state index in [0.717, 1.165) is 0 Å². The van der Waals surface area contributed by atoms with Gasteiger partial charge in [0.05, 0.1) is 31.9 Å². The summed E-state index contributed by atoms with van der Waals surface area (Å²) < 4.78 is 0. The average Bonchev–Trinajstić information content (AvgIpc) is 1.56. The summed E-state index contributed by atoms with van der Waals surface area (Å²) in [5, 5.41) is 75.4. The van der Waals surface area contributed by atoms with Crippen molar-refractivity contribution < 1.29 is 97.1 Å². The maximum atomic E-state index is 14.4. The number of guanidine groups is 1. The molecule has 0 saturated carbocycles. The van der Waals surface area contributed by atoms with E-state index in [9.17, 15) is 97.1 Å². The minimum atomic E-state index is -1.76. The molecule has 39 nitrogen and oxygen atoms in total. The van der Waals surface area contributed by atoms with Gasteiger partial charge < -0.3 is 117 Å². The number of aliphatic hydroxyl groups excluding tert-OH is 3. The fraction of sp³-hybridized carbons (Fsp3) is 0.761. The standard InChI is InChI=1S/C71H127N19O20S4/c1-33(2)23-42(78-60(99)43(24-34(3)4)79-63(102)48(30-111)84-65(104)50(32-113)86-68(107)55(39(13)93)89-56(95)40(72)19-22-114-14)59(98)77-41(17-15-20-75-71(73)74)58(97)82-46(28-91)57(96)76-27-52(94)87-54(38(11)12)69(108)90-21-16-18-51(90)66(105)88-53(37(9)10)67(106)85-49(31-112)64(103)80-44(25-35(5)6)61(100)83-47(29-92)62(101)81-45(70(109)110)26-36(7)8/h33-51,53-55,91-93,111-113H,15-32,72H2,1-14H3,(H,76,96)(H,77,98)(H,78,99)(H,79,102)(H,80,103)(H,81,101)(H,82,97)(H,83,100)(H,84,104)(H,85,106)(H,86,107)(H,87,94)(H,88,105)(H,89,95)(H,109,110)(H4,73,74,75)/t39-,40+,41+,42+,43+,44+,45+,46+,47+,48+,49+,50+,51+,53+,54+,55+/m1/s1. The van der Waals surface area contributed by atoms with Crippen LogP contribution in [0.5, 0.6) is 0 Å². The lowest BCUT2D eigenvalue weighted by Gasteiger charge is -2.32. The van der Waals surface area contributed by atoms with Crippen molar-refractivity contribution in [3.63, 3.8) is 0 Å². The Kier molecular flexibility index (Phi) is 48.6. The van der Waals surface area contributed by atoms with Crippen LogP contribution in [-0.4, -0.2) is 285 Å². The van der Waals surface area contributed by atoms with Gasteiger partial charge in [0, 0.05) is 30.3 Å². The number of nitrogens with zero attached hydrogens (tertiary/aromatic N) is 2. The number of thiol groups is 3. The molecule has 16 atom stereocenters. The van der Waals surface area contributed by atoms with Crippen LogP contribution in [0.25, 0.3) is 0 Å². The molecule has 15 amide bonds. The van der Waals surface area contributed by atoms with Gasteiger partial charge in [0.25, 0.3) is 0 Å². The molecule has 0 spiro atoms. The molecule has 0 bridgehead atoms. The summed E-state index contributed by atoms with van der Waals surface area (Å²) in [5.41, 5.74) is 17.0. The van der Waals surface area contributed by atoms with E-state index in [-0.39, 0.29) is 111 Å². The van der Waals surface area contributed by atoms with Crippen molar-refractivity contribution in [3.8, 4) is 0 Å². The molecule has 114 heavy (non-hydrogen) atoms. The lowest BCUT2D eigenvalue weighted by atomic mass is 9.99. The minimum absolute atomic E-state index is 0.00425. The number of aliphatic hydroxyl groups is 3. The summed E-state index contributed by atoms with van der Waals surface area (Å²) in [4.78, 5) is 224. The van der Waals surface area contributed by atoms with E-state index >= 15 is 0 Å². The Balaban J connectivity index is 3.33. The predicted octanol–water partition coefficient (Wildman–Crippen LogP) is -5.73. The molecule has 1 aliphatic heterocycles. The highest BCUT2D eigenvalue weighted by atomic mass is 32.2. The number of hydrogen-bond acceptors (Lipinski definition) is 25. The van der Waals surface area contributed by atoms with E-state index in [1.807, 2.05) is 6.26 Å². The van der Waals surface area contributed by atoms with Crippen molar-refractivity contribution in [2.75, 3.05) is 62.1 Å². The number of carboxylic acid groups (broad SMARTS) is 1. The summed E-state index contributed by atoms with van der Waals surface area (Å²) in [6.07, 6.45) is 1.02. The second-order valence-electron chi connectivity index (χ2n) is 30.4. The average molecular weight is 1700 g/mol. The van der Waals surface area contributed by atoms with Gasteiger partial charge in [-0.2, -0.15) is 49.6 Å². The Hall–Kier alpha value is -7.97. The van der Waals surface area contributed by atoms with Crippen LogP contribution in [0.1, 0.15) is 148 Å². The maximum absolute atomic E-state index is 14.4. The third-order valence-electron chi connectivity index (χ3n) is 17.8. The van der Waals surface area contributed by atoms with Gasteiger partial charge in [0.15, 0.2) is 5.96 Å². The molecule has 1 saturated heterocycles. The number of aliphatic carboxylic acids is 1. The number of amides is 15. The van der Waals surface area contributed by atoms with Crippen LogP contribution < -0.4 is 91.6 Å². The Morgan fingerprint density at radius 1 is 0.456 bits per heavy atom. The van der Waals surface area contributed by atoms with Crippen LogP contribution in [0.3, 0.4) is 0 Å². The first-order valence-electron chi connectivity index (χ1n) is 38.1. The molecule has 0 aromatic heterocycles. The maximum Gasteiger partial charge on any atom is 0.326 e. The number of likely N-dealkylation sites (tertiary alicyclic amines) is 1. The predicted molar refractivity (Wildman–Crippen MR) is 436 cm³/mol. The molecule has 1 fully saturated rings. The molecule has 0 aliphatic carbocycles. The van der Waals surface area contributed by atoms with Crippen molar-refractivity contribution in [2.45, 2.75) is 245 Å². The van der Waals surface area contributed by atoms with E-state index in [4.69, 9.17) is 17.2 Å². The van der Waals surface area contributed by atoms with Crippen LogP contribution in [0, 0.1) is 35.5 Å². The van der Waals surface area contributed by atoms with Crippen LogP contribution in [0.4, 0.5) is 0 Å². The number of rotatable bonds is 53.